The molecule has 1 atom stereocenters. The molecule has 2 saturated heterocycles. The Morgan fingerprint density at radius 1 is 1.13 bits per heavy atom. The van der Waals surface area contributed by atoms with Crippen LogP contribution in [0.15, 0.2) is 54.4 Å². The van der Waals surface area contributed by atoms with Gasteiger partial charge in [0.1, 0.15) is 11.5 Å². The van der Waals surface area contributed by atoms with Crippen LogP contribution in [0.1, 0.15) is 17.2 Å². The van der Waals surface area contributed by atoms with Crippen molar-refractivity contribution in [2.45, 2.75) is 6.04 Å². The zero-order chi connectivity index (χ0) is 21.8. The van der Waals surface area contributed by atoms with E-state index in [1.54, 1.807) is 48.8 Å². The predicted octanol–water partition coefficient (Wildman–Crippen LogP) is 1.84. The molecule has 4 rings (SSSR count). The average Bonchev–Trinajstić information content (AvgIpc) is 3.08. The molecule has 3 heterocycles. The Morgan fingerprint density at radius 2 is 1.84 bits per heavy atom. The summed E-state index contributed by atoms with van der Waals surface area (Å²) in [4.78, 5) is 33.9. The number of pyridine rings is 1. The SMILES string of the molecule is COc1ccccc1/C(O)=C1\C(=O)C(=O)N(CCN2CCOCC2)C1c1ccncc1. The fraction of sp³-hybridized carbons (Fsp3) is 0.348. The topological polar surface area (TPSA) is 92.2 Å². The molecule has 0 radical (unpaired) electrons. The van der Waals surface area contributed by atoms with Crippen molar-refractivity contribution in [2.75, 3.05) is 46.5 Å². The zero-order valence-corrected chi connectivity index (χ0v) is 17.4. The largest absolute Gasteiger partial charge is 0.507 e. The number of nitrogens with zero attached hydrogens (tertiary/aromatic N) is 3. The number of ether oxygens (including phenoxy) is 2. The number of para-hydroxylation sites is 1. The maximum absolute atomic E-state index is 13.1. The summed E-state index contributed by atoms with van der Waals surface area (Å²) >= 11 is 0. The summed E-state index contributed by atoms with van der Waals surface area (Å²) in [7, 11) is 1.49. The first-order valence-corrected chi connectivity index (χ1v) is 10.2. The number of aliphatic hydroxyl groups is 1. The lowest BCUT2D eigenvalue weighted by molar-refractivity contribution is -0.140. The molecule has 8 heteroatoms. The molecular formula is C23H25N3O5. The maximum atomic E-state index is 13.1. The molecule has 31 heavy (non-hydrogen) atoms. The number of ketones is 1. The number of methoxy groups -OCH3 is 1. The van der Waals surface area contributed by atoms with Gasteiger partial charge >= 0.3 is 0 Å². The second-order valence-electron chi connectivity index (χ2n) is 7.43. The normalized spacial score (nSPS) is 21.5. The summed E-state index contributed by atoms with van der Waals surface area (Å²) < 4.78 is 10.7. The van der Waals surface area contributed by atoms with Gasteiger partial charge in [0.25, 0.3) is 11.7 Å². The highest BCUT2D eigenvalue weighted by Crippen LogP contribution is 2.40. The van der Waals surface area contributed by atoms with Gasteiger partial charge in [-0.1, -0.05) is 12.1 Å². The van der Waals surface area contributed by atoms with E-state index >= 15 is 0 Å². The Morgan fingerprint density at radius 3 is 2.55 bits per heavy atom. The first kappa shape index (κ1) is 21.0. The van der Waals surface area contributed by atoms with Gasteiger partial charge in [-0.05, 0) is 29.8 Å². The van der Waals surface area contributed by atoms with E-state index in [2.05, 4.69) is 9.88 Å². The molecule has 1 N–H and O–H groups in total. The number of hydrogen-bond donors (Lipinski definition) is 1. The van der Waals surface area contributed by atoms with Crippen molar-refractivity contribution in [3.63, 3.8) is 0 Å². The minimum absolute atomic E-state index is 0.0580. The number of amides is 1. The highest BCUT2D eigenvalue weighted by Gasteiger charge is 2.46. The third-order valence-electron chi connectivity index (χ3n) is 5.68. The second kappa shape index (κ2) is 9.28. The zero-order valence-electron chi connectivity index (χ0n) is 17.4. The lowest BCUT2D eigenvalue weighted by Crippen LogP contribution is -2.42. The third kappa shape index (κ3) is 4.17. The molecule has 1 aromatic heterocycles. The second-order valence-corrected chi connectivity index (χ2v) is 7.43. The molecule has 2 aromatic rings. The van der Waals surface area contributed by atoms with Gasteiger partial charge in [-0.3, -0.25) is 19.5 Å². The van der Waals surface area contributed by atoms with E-state index in [4.69, 9.17) is 9.47 Å². The molecule has 1 amide bonds. The van der Waals surface area contributed by atoms with Gasteiger partial charge in [0.15, 0.2) is 0 Å². The van der Waals surface area contributed by atoms with Crippen LogP contribution in [0.2, 0.25) is 0 Å². The molecular weight excluding hydrogens is 398 g/mol. The van der Waals surface area contributed by atoms with Crippen molar-refractivity contribution >= 4 is 17.4 Å². The Balaban J connectivity index is 1.74. The van der Waals surface area contributed by atoms with Gasteiger partial charge in [0.2, 0.25) is 0 Å². The molecule has 2 fully saturated rings. The number of likely N-dealkylation sites (tertiary alicyclic amines) is 1. The van der Waals surface area contributed by atoms with Gasteiger partial charge in [0.05, 0.1) is 37.5 Å². The Labute approximate surface area is 180 Å². The van der Waals surface area contributed by atoms with Crippen LogP contribution in [0, 0.1) is 0 Å². The van der Waals surface area contributed by atoms with E-state index in [0.717, 1.165) is 13.1 Å². The summed E-state index contributed by atoms with van der Waals surface area (Å²) in [5, 5.41) is 11.1. The van der Waals surface area contributed by atoms with Gasteiger partial charge in [-0.2, -0.15) is 0 Å². The molecule has 1 unspecified atom stereocenters. The van der Waals surface area contributed by atoms with Crippen molar-refractivity contribution in [2.24, 2.45) is 0 Å². The van der Waals surface area contributed by atoms with Crippen LogP contribution < -0.4 is 4.74 Å². The number of aromatic nitrogens is 1. The summed E-state index contributed by atoms with van der Waals surface area (Å²) in [6.07, 6.45) is 3.22. The van der Waals surface area contributed by atoms with Crippen molar-refractivity contribution in [1.29, 1.82) is 0 Å². The summed E-state index contributed by atoms with van der Waals surface area (Å²) in [5.41, 5.74) is 1.14. The number of Topliss-reactive ketones (excluding diaryl/α,β-unsaturated/α-hetero) is 1. The fourth-order valence-corrected chi connectivity index (χ4v) is 4.06. The average molecular weight is 423 g/mol. The number of morpholine rings is 1. The van der Waals surface area contributed by atoms with Crippen LogP contribution in [0.25, 0.3) is 5.76 Å². The van der Waals surface area contributed by atoms with Gasteiger partial charge < -0.3 is 19.5 Å². The van der Waals surface area contributed by atoms with Crippen molar-refractivity contribution in [1.82, 2.24) is 14.8 Å². The minimum Gasteiger partial charge on any atom is -0.507 e. The van der Waals surface area contributed by atoms with E-state index in [1.807, 2.05) is 0 Å². The number of carbonyl (C=O) groups excluding carboxylic acids is 2. The predicted molar refractivity (Wildman–Crippen MR) is 113 cm³/mol. The van der Waals surface area contributed by atoms with E-state index in [0.29, 0.717) is 43.2 Å². The van der Waals surface area contributed by atoms with Crippen molar-refractivity contribution in [3.05, 3.63) is 65.5 Å². The molecule has 8 nitrogen and oxygen atoms in total. The Kier molecular flexibility index (Phi) is 6.29. The highest BCUT2D eigenvalue weighted by atomic mass is 16.5. The van der Waals surface area contributed by atoms with Crippen LogP contribution >= 0.6 is 0 Å². The van der Waals surface area contributed by atoms with Crippen LogP contribution in [-0.2, 0) is 14.3 Å². The van der Waals surface area contributed by atoms with E-state index in [-0.39, 0.29) is 11.3 Å². The molecule has 162 valence electrons. The van der Waals surface area contributed by atoms with Crippen molar-refractivity contribution < 1.29 is 24.2 Å². The van der Waals surface area contributed by atoms with Crippen LogP contribution in [0.5, 0.6) is 5.75 Å². The molecule has 0 bridgehead atoms. The minimum atomic E-state index is -0.702. The number of rotatable bonds is 6. The van der Waals surface area contributed by atoms with Gasteiger partial charge in [-0.15, -0.1) is 0 Å². The summed E-state index contributed by atoms with van der Waals surface area (Å²) in [6, 6.07) is 9.70. The molecule has 0 spiro atoms. The first-order chi connectivity index (χ1) is 15.1. The van der Waals surface area contributed by atoms with Crippen LogP contribution in [0.3, 0.4) is 0 Å². The standard InChI is InChI=1S/C23H25N3O5/c1-30-18-5-3-2-4-17(18)21(27)19-20(16-6-8-24-9-7-16)26(23(29)22(19)28)11-10-25-12-14-31-15-13-25/h2-9,20,27H,10-15H2,1H3/b21-19+. The Hall–Kier alpha value is -3.23. The van der Waals surface area contributed by atoms with E-state index in [1.165, 1.54) is 12.0 Å². The summed E-state index contributed by atoms with van der Waals surface area (Å²) in [6.45, 7) is 3.85. The fourth-order valence-electron chi connectivity index (χ4n) is 4.06. The van der Waals surface area contributed by atoms with Crippen molar-refractivity contribution in [3.8, 4) is 5.75 Å². The van der Waals surface area contributed by atoms with Gasteiger partial charge in [-0.25, -0.2) is 0 Å². The van der Waals surface area contributed by atoms with Crippen LogP contribution in [0.4, 0.5) is 0 Å². The highest BCUT2D eigenvalue weighted by molar-refractivity contribution is 6.46. The first-order valence-electron chi connectivity index (χ1n) is 10.2. The maximum Gasteiger partial charge on any atom is 0.295 e. The molecule has 0 saturated carbocycles. The molecule has 2 aliphatic heterocycles. The lowest BCUT2D eigenvalue weighted by Gasteiger charge is -2.31. The number of aliphatic hydroxyl groups excluding tert-OH is 1. The van der Waals surface area contributed by atoms with Crippen LogP contribution in [-0.4, -0.2) is 78.1 Å². The number of hydrogen-bond acceptors (Lipinski definition) is 7. The number of benzene rings is 1. The Bertz CT molecular complexity index is 986. The number of carbonyl (C=O) groups is 2. The molecule has 2 aliphatic rings. The van der Waals surface area contributed by atoms with Gasteiger partial charge in [0, 0.05) is 38.6 Å². The molecule has 1 aromatic carbocycles. The quantitative estimate of drug-likeness (QED) is 0.431. The lowest BCUT2D eigenvalue weighted by atomic mass is 9.95. The van der Waals surface area contributed by atoms with E-state index < -0.39 is 17.7 Å². The summed E-state index contributed by atoms with van der Waals surface area (Å²) in [5.74, 6) is -1.14. The smallest absolute Gasteiger partial charge is 0.295 e. The van der Waals surface area contributed by atoms with E-state index in [9.17, 15) is 14.7 Å². The third-order valence-corrected chi connectivity index (χ3v) is 5.68. The monoisotopic (exact) mass is 423 g/mol. The molecule has 0 aliphatic carbocycles.